The van der Waals surface area contributed by atoms with Crippen molar-refractivity contribution in [2.45, 2.75) is 66.7 Å². The minimum atomic E-state index is 0.399. The molecule has 0 aromatic carbocycles. The predicted molar refractivity (Wildman–Crippen MR) is 84.2 cm³/mol. The number of nitrogens with zero attached hydrogens (tertiary/aromatic N) is 1. The van der Waals surface area contributed by atoms with Crippen LogP contribution in [0.15, 0.2) is 28.9 Å². The maximum absolute atomic E-state index is 4.66. The van der Waals surface area contributed by atoms with Gasteiger partial charge in [0.15, 0.2) is 0 Å². The highest BCUT2D eigenvalue weighted by atomic mass is 14.7. The quantitative estimate of drug-likeness (QED) is 0.279. The van der Waals surface area contributed by atoms with E-state index in [1.807, 2.05) is 0 Å². The Hall–Kier alpha value is -0.850. The third kappa shape index (κ3) is 7.47. The molecule has 0 unspecified atom stereocenters. The van der Waals surface area contributed by atoms with Crippen molar-refractivity contribution in [3.63, 3.8) is 0 Å². The van der Waals surface area contributed by atoms with Crippen LogP contribution in [0.25, 0.3) is 0 Å². The van der Waals surface area contributed by atoms with Crippen LogP contribution in [-0.2, 0) is 0 Å². The van der Waals surface area contributed by atoms with Gasteiger partial charge in [0.1, 0.15) is 0 Å². The third-order valence-electron chi connectivity index (χ3n) is 3.31. The summed E-state index contributed by atoms with van der Waals surface area (Å²) in [6.07, 6.45) is 10.5. The molecule has 0 aliphatic heterocycles. The Labute approximate surface area is 114 Å². The predicted octanol–water partition coefficient (Wildman–Crippen LogP) is 5.78. The zero-order valence-electron chi connectivity index (χ0n) is 13.0. The Morgan fingerprint density at radius 1 is 1.22 bits per heavy atom. The van der Waals surface area contributed by atoms with Crippen LogP contribution < -0.4 is 0 Å². The molecule has 0 radical (unpaired) electrons. The molecule has 18 heavy (non-hydrogen) atoms. The summed E-state index contributed by atoms with van der Waals surface area (Å²) in [5, 5.41) is 0. The van der Waals surface area contributed by atoms with Gasteiger partial charge in [-0.05, 0) is 32.6 Å². The Kier molecular flexibility index (Phi) is 9.63. The molecule has 104 valence electrons. The highest BCUT2D eigenvalue weighted by molar-refractivity contribution is 5.66. The summed E-state index contributed by atoms with van der Waals surface area (Å²) in [5.74, 6) is 0.972. The number of hydrogen-bond donors (Lipinski definition) is 0. The Morgan fingerprint density at radius 3 is 2.33 bits per heavy atom. The molecule has 0 aliphatic rings. The molecule has 0 spiro atoms. The van der Waals surface area contributed by atoms with Gasteiger partial charge < -0.3 is 0 Å². The van der Waals surface area contributed by atoms with Crippen molar-refractivity contribution in [1.29, 1.82) is 0 Å². The summed E-state index contributed by atoms with van der Waals surface area (Å²) in [6.45, 7) is 14.9. The van der Waals surface area contributed by atoms with Crippen LogP contribution in [-0.4, -0.2) is 6.21 Å². The standard InChI is InChI=1S/C17H31N/c1-7-9-10-11-12-16(8-2)18-13-17(14(3)4)15(5)6/h8,13,15,17H,3,7,9-12H2,1-2,4-6H3/b16-8-,18-13?/t17-/m1/s1. The van der Waals surface area contributed by atoms with Crippen molar-refractivity contribution in [2.75, 3.05) is 0 Å². The van der Waals surface area contributed by atoms with Gasteiger partial charge in [-0.1, -0.05) is 58.3 Å². The van der Waals surface area contributed by atoms with Crippen LogP contribution in [0.2, 0.25) is 0 Å². The average molecular weight is 249 g/mol. The van der Waals surface area contributed by atoms with Crippen LogP contribution in [0.1, 0.15) is 66.7 Å². The van der Waals surface area contributed by atoms with Gasteiger partial charge in [-0.15, -0.1) is 0 Å². The van der Waals surface area contributed by atoms with Crippen LogP contribution in [0.3, 0.4) is 0 Å². The molecule has 0 rings (SSSR count). The molecule has 0 aromatic heterocycles. The van der Waals surface area contributed by atoms with E-state index in [0.29, 0.717) is 11.8 Å². The number of aliphatic imine (C=N–C) groups is 1. The topological polar surface area (TPSA) is 12.4 Å². The first-order valence-electron chi connectivity index (χ1n) is 7.37. The SMILES string of the molecule is C=C(C)[C@@H](C=N/C(=C\C)CCCCCC)C(C)C. The van der Waals surface area contributed by atoms with Gasteiger partial charge in [-0.25, -0.2) is 0 Å². The summed E-state index contributed by atoms with van der Waals surface area (Å²) >= 11 is 0. The van der Waals surface area contributed by atoms with Crippen molar-refractivity contribution in [2.24, 2.45) is 16.8 Å². The summed E-state index contributed by atoms with van der Waals surface area (Å²) in [6, 6.07) is 0. The van der Waals surface area contributed by atoms with Gasteiger partial charge >= 0.3 is 0 Å². The lowest BCUT2D eigenvalue weighted by Gasteiger charge is -2.16. The van der Waals surface area contributed by atoms with Crippen molar-refractivity contribution in [3.05, 3.63) is 23.9 Å². The normalized spacial score (nSPS) is 14.4. The number of allylic oxidation sites excluding steroid dienone is 3. The second-order valence-corrected chi connectivity index (χ2v) is 5.48. The summed E-state index contributed by atoms with van der Waals surface area (Å²) in [5.41, 5.74) is 2.42. The average Bonchev–Trinajstić information content (AvgIpc) is 2.31. The Balaban J connectivity index is 4.30. The first-order valence-corrected chi connectivity index (χ1v) is 7.37. The minimum absolute atomic E-state index is 0.399. The molecule has 0 saturated heterocycles. The molecular formula is C17H31N. The maximum atomic E-state index is 4.66. The van der Waals surface area contributed by atoms with Gasteiger partial charge in [-0.3, -0.25) is 4.99 Å². The van der Waals surface area contributed by atoms with Gasteiger partial charge in [0, 0.05) is 17.8 Å². The second kappa shape index (κ2) is 10.1. The zero-order chi connectivity index (χ0) is 14.0. The van der Waals surface area contributed by atoms with Crippen LogP contribution in [0, 0.1) is 11.8 Å². The van der Waals surface area contributed by atoms with E-state index in [-0.39, 0.29) is 0 Å². The summed E-state index contributed by atoms with van der Waals surface area (Å²) < 4.78 is 0. The van der Waals surface area contributed by atoms with Crippen molar-refractivity contribution in [1.82, 2.24) is 0 Å². The van der Waals surface area contributed by atoms with E-state index in [9.17, 15) is 0 Å². The number of unbranched alkanes of at least 4 members (excludes halogenated alkanes) is 3. The Bertz CT molecular complexity index is 284. The van der Waals surface area contributed by atoms with Crippen molar-refractivity contribution in [3.8, 4) is 0 Å². The molecule has 1 nitrogen and oxygen atoms in total. The van der Waals surface area contributed by atoms with Gasteiger partial charge in [0.25, 0.3) is 0 Å². The molecule has 0 saturated carbocycles. The first kappa shape index (κ1) is 17.2. The molecule has 1 heteroatoms. The van der Waals surface area contributed by atoms with Crippen LogP contribution in [0.4, 0.5) is 0 Å². The monoisotopic (exact) mass is 249 g/mol. The second-order valence-electron chi connectivity index (χ2n) is 5.48. The molecule has 0 N–H and O–H groups in total. The Morgan fingerprint density at radius 2 is 1.89 bits per heavy atom. The van der Waals surface area contributed by atoms with Gasteiger partial charge in [0.05, 0.1) is 0 Å². The highest BCUT2D eigenvalue weighted by Gasteiger charge is 2.11. The van der Waals surface area contributed by atoms with E-state index in [4.69, 9.17) is 0 Å². The highest BCUT2D eigenvalue weighted by Crippen LogP contribution is 2.18. The van der Waals surface area contributed by atoms with E-state index >= 15 is 0 Å². The molecule has 0 aromatic rings. The molecule has 0 fully saturated rings. The van der Waals surface area contributed by atoms with Gasteiger partial charge in [-0.2, -0.15) is 0 Å². The van der Waals surface area contributed by atoms with Crippen LogP contribution >= 0.6 is 0 Å². The van der Waals surface area contributed by atoms with Gasteiger partial charge in [0.2, 0.25) is 0 Å². The lowest BCUT2D eigenvalue weighted by molar-refractivity contribution is 0.561. The molecule has 0 bridgehead atoms. The number of hydrogen-bond acceptors (Lipinski definition) is 1. The number of rotatable bonds is 9. The summed E-state index contributed by atoms with van der Waals surface area (Å²) in [4.78, 5) is 4.66. The van der Waals surface area contributed by atoms with E-state index in [1.54, 1.807) is 0 Å². The largest absolute Gasteiger partial charge is 0.265 e. The molecular weight excluding hydrogens is 218 g/mol. The molecule has 0 amide bonds. The third-order valence-corrected chi connectivity index (χ3v) is 3.31. The van der Waals surface area contributed by atoms with E-state index in [0.717, 1.165) is 6.42 Å². The summed E-state index contributed by atoms with van der Waals surface area (Å²) in [7, 11) is 0. The molecule has 1 atom stereocenters. The van der Waals surface area contributed by atoms with Crippen molar-refractivity contribution < 1.29 is 0 Å². The first-order chi connectivity index (χ1) is 8.52. The minimum Gasteiger partial charge on any atom is -0.265 e. The lowest BCUT2D eigenvalue weighted by Crippen LogP contribution is -2.11. The lowest BCUT2D eigenvalue weighted by atomic mass is 9.91. The fourth-order valence-electron chi connectivity index (χ4n) is 2.06. The smallest absolute Gasteiger partial charge is 0.0357 e. The maximum Gasteiger partial charge on any atom is 0.0357 e. The van der Waals surface area contributed by atoms with E-state index in [1.165, 1.54) is 37.0 Å². The molecule has 0 heterocycles. The van der Waals surface area contributed by atoms with Crippen molar-refractivity contribution >= 4 is 6.21 Å². The molecule has 0 aliphatic carbocycles. The fourth-order valence-corrected chi connectivity index (χ4v) is 2.06. The van der Waals surface area contributed by atoms with E-state index in [2.05, 4.69) is 58.5 Å². The fraction of sp³-hybridized carbons (Fsp3) is 0.706. The van der Waals surface area contributed by atoms with E-state index < -0.39 is 0 Å². The zero-order valence-corrected chi connectivity index (χ0v) is 13.0. The van der Waals surface area contributed by atoms with Crippen LogP contribution in [0.5, 0.6) is 0 Å².